The lowest BCUT2D eigenvalue weighted by Crippen LogP contribution is -2.51. The van der Waals surface area contributed by atoms with Crippen molar-refractivity contribution in [3.8, 4) is 5.75 Å². The van der Waals surface area contributed by atoms with E-state index in [0.717, 1.165) is 38.8 Å². The summed E-state index contributed by atoms with van der Waals surface area (Å²) in [5.74, 6) is -1.01. The summed E-state index contributed by atoms with van der Waals surface area (Å²) in [5.41, 5.74) is 0.273. The highest BCUT2D eigenvalue weighted by Gasteiger charge is 2.30. The fourth-order valence-electron chi connectivity index (χ4n) is 4.85. The van der Waals surface area contributed by atoms with Crippen LogP contribution in [-0.4, -0.2) is 79.1 Å². The minimum Gasteiger partial charge on any atom is -0.493 e. The lowest BCUT2D eigenvalue weighted by atomic mass is 9.92. The molecule has 10 heteroatoms. The zero-order valence-electron chi connectivity index (χ0n) is 22.5. The average Bonchev–Trinajstić information content (AvgIpc) is 2.93. The number of carbonyl (C=O) groups excluding carboxylic acids is 3. The summed E-state index contributed by atoms with van der Waals surface area (Å²) >= 11 is 0. The van der Waals surface area contributed by atoms with Crippen molar-refractivity contribution in [3.63, 3.8) is 0 Å². The molecule has 1 aromatic rings. The number of nitrogens with one attached hydrogen (secondary N) is 3. The van der Waals surface area contributed by atoms with Gasteiger partial charge in [0.2, 0.25) is 11.8 Å². The molecule has 2 aliphatic rings. The molecule has 3 amide bonds. The molecule has 10 nitrogen and oxygen atoms in total. The molecule has 2 aliphatic heterocycles. The number of piperidine rings is 2. The van der Waals surface area contributed by atoms with Crippen LogP contribution in [0.25, 0.3) is 0 Å². The monoisotopic (exact) mass is 530 g/mol. The molecule has 2 fully saturated rings. The summed E-state index contributed by atoms with van der Waals surface area (Å²) in [4.78, 5) is 51.9. The molecule has 2 atom stereocenters. The van der Waals surface area contributed by atoms with Gasteiger partial charge in [0.1, 0.15) is 11.8 Å². The van der Waals surface area contributed by atoms with Crippen LogP contribution in [0.15, 0.2) is 24.3 Å². The van der Waals surface area contributed by atoms with Crippen molar-refractivity contribution in [1.82, 2.24) is 20.9 Å². The standard InChI is InChI=1S/C28H42N4O6/c1-19(2)18-38-23-7-3-5-21(15-23)27(35)31-24(28(36)37)16-30-26(34)22-6-4-14-32(17-22)25(33)9-8-20-10-12-29-13-11-20/h3,5,7,15,19-20,22,24,29H,4,6,8-14,16-18H2,1-2H3,(H,30,34)(H,31,35)(H,36,37)/t22-,24?/m1/s1. The number of amides is 3. The number of carboxylic acids is 1. The van der Waals surface area contributed by atoms with Gasteiger partial charge in [0.05, 0.1) is 12.5 Å². The number of hydrogen-bond acceptors (Lipinski definition) is 6. The molecular weight excluding hydrogens is 488 g/mol. The van der Waals surface area contributed by atoms with E-state index in [-0.39, 0.29) is 23.9 Å². The second kappa shape index (κ2) is 14.7. The molecule has 38 heavy (non-hydrogen) atoms. The van der Waals surface area contributed by atoms with Crippen molar-refractivity contribution in [3.05, 3.63) is 29.8 Å². The van der Waals surface area contributed by atoms with Crippen LogP contribution in [0.4, 0.5) is 0 Å². The van der Waals surface area contributed by atoms with Crippen molar-refractivity contribution in [1.29, 1.82) is 0 Å². The van der Waals surface area contributed by atoms with Crippen molar-refractivity contribution < 1.29 is 29.0 Å². The third-order valence-electron chi connectivity index (χ3n) is 7.13. The lowest BCUT2D eigenvalue weighted by molar-refractivity contribution is -0.139. The van der Waals surface area contributed by atoms with E-state index in [1.807, 2.05) is 13.8 Å². The number of benzene rings is 1. The van der Waals surface area contributed by atoms with Gasteiger partial charge >= 0.3 is 5.97 Å². The molecule has 1 unspecified atom stereocenters. The van der Waals surface area contributed by atoms with Crippen molar-refractivity contribution >= 4 is 23.7 Å². The third kappa shape index (κ3) is 9.31. The number of nitrogens with zero attached hydrogens (tertiary/aromatic N) is 1. The minimum absolute atomic E-state index is 0.0799. The Bertz CT molecular complexity index is 962. The van der Waals surface area contributed by atoms with E-state index in [2.05, 4.69) is 16.0 Å². The number of aliphatic carboxylic acids is 1. The molecular formula is C28H42N4O6. The lowest BCUT2D eigenvalue weighted by Gasteiger charge is -2.33. The molecule has 1 aromatic carbocycles. The number of ether oxygens (including phenoxy) is 1. The molecule has 0 aliphatic carbocycles. The van der Waals surface area contributed by atoms with E-state index in [1.165, 1.54) is 0 Å². The van der Waals surface area contributed by atoms with Crippen molar-refractivity contribution in [2.45, 2.75) is 58.4 Å². The summed E-state index contributed by atoms with van der Waals surface area (Å²) in [6, 6.07) is 5.25. The van der Waals surface area contributed by atoms with Crippen molar-refractivity contribution in [2.24, 2.45) is 17.8 Å². The second-order valence-corrected chi connectivity index (χ2v) is 10.8. The number of carboxylic acid groups (broad SMARTS) is 1. The van der Waals surface area contributed by atoms with Gasteiger partial charge in [0.25, 0.3) is 5.91 Å². The minimum atomic E-state index is -1.29. The van der Waals surface area contributed by atoms with Crippen LogP contribution in [0.3, 0.4) is 0 Å². The van der Waals surface area contributed by atoms with Crippen LogP contribution < -0.4 is 20.7 Å². The number of rotatable bonds is 12. The number of hydrogen-bond donors (Lipinski definition) is 4. The molecule has 0 radical (unpaired) electrons. The Morgan fingerprint density at radius 3 is 2.63 bits per heavy atom. The van der Waals surface area contributed by atoms with Gasteiger partial charge in [-0.15, -0.1) is 0 Å². The average molecular weight is 531 g/mol. The van der Waals surface area contributed by atoms with Crippen LogP contribution >= 0.6 is 0 Å². The Morgan fingerprint density at radius 2 is 1.92 bits per heavy atom. The van der Waals surface area contributed by atoms with Crippen molar-refractivity contribution in [2.75, 3.05) is 39.3 Å². The van der Waals surface area contributed by atoms with Crippen LogP contribution in [-0.2, 0) is 14.4 Å². The SMILES string of the molecule is CC(C)COc1cccc(C(=O)NC(CNC(=O)[C@@H]2CCCN(C(=O)CCC3CCNCC3)C2)C(=O)O)c1. The van der Waals surface area contributed by atoms with Crippen LogP contribution in [0.1, 0.15) is 62.7 Å². The first-order valence-electron chi connectivity index (χ1n) is 13.8. The summed E-state index contributed by atoms with van der Waals surface area (Å²) in [6.07, 6.45) is 4.92. The maximum atomic E-state index is 12.8. The molecule has 210 valence electrons. The summed E-state index contributed by atoms with van der Waals surface area (Å²) in [5, 5.41) is 18.1. The van der Waals surface area contributed by atoms with E-state index >= 15 is 0 Å². The maximum Gasteiger partial charge on any atom is 0.328 e. The van der Waals surface area contributed by atoms with Gasteiger partial charge in [0, 0.05) is 31.6 Å². The quantitative estimate of drug-likeness (QED) is 0.325. The van der Waals surface area contributed by atoms with Crippen LogP contribution in [0.5, 0.6) is 5.75 Å². The normalized spacial score (nSPS) is 19.0. The van der Waals surface area contributed by atoms with E-state index in [0.29, 0.717) is 50.1 Å². The summed E-state index contributed by atoms with van der Waals surface area (Å²) in [7, 11) is 0. The smallest absolute Gasteiger partial charge is 0.328 e. The number of carbonyl (C=O) groups is 4. The van der Waals surface area contributed by atoms with E-state index in [1.54, 1.807) is 29.2 Å². The Morgan fingerprint density at radius 1 is 1.16 bits per heavy atom. The first-order valence-corrected chi connectivity index (χ1v) is 13.8. The van der Waals surface area contributed by atoms with Crippen LogP contribution in [0.2, 0.25) is 0 Å². The highest BCUT2D eigenvalue weighted by Crippen LogP contribution is 2.21. The topological polar surface area (TPSA) is 137 Å². The Balaban J connectivity index is 1.47. The summed E-state index contributed by atoms with van der Waals surface area (Å²) in [6.45, 7) is 7.26. The third-order valence-corrected chi connectivity index (χ3v) is 7.13. The molecule has 4 N–H and O–H groups in total. The predicted molar refractivity (Wildman–Crippen MR) is 143 cm³/mol. The van der Waals surface area contributed by atoms with E-state index < -0.39 is 23.8 Å². The highest BCUT2D eigenvalue weighted by atomic mass is 16.5. The largest absolute Gasteiger partial charge is 0.493 e. The Labute approximate surface area is 224 Å². The van der Waals surface area contributed by atoms with E-state index in [4.69, 9.17) is 4.74 Å². The second-order valence-electron chi connectivity index (χ2n) is 10.8. The first-order chi connectivity index (χ1) is 18.2. The molecule has 0 saturated carbocycles. The molecule has 2 heterocycles. The molecule has 0 spiro atoms. The first kappa shape index (κ1) is 29.4. The zero-order chi connectivity index (χ0) is 27.5. The fraction of sp³-hybridized carbons (Fsp3) is 0.643. The fourth-order valence-corrected chi connectivity index (χ4v) is 4.85. The van der Waals surface area contributed by atoms with Gasteiger partial charge < -0.3 is 30.7 Å². The molecule has 0 bridgehead atoms. The van der Waals surface area contributed by atoms with Crippen LogP contribution in [0, 0.1) is 17.8 Å². The van der Waals surface area contributed by atoms with Gasteiger partial charge in [0.15, 0.2) is 0 Å². The Hall–Kier alpha value is -3.14. The highest BCUT2D eigenvalue weighted by molar-refractivity contribution is 5.97. The maximum absolute atomic E-state index is 12.8. The predicted octanol–water partition coefficient (Wildman–Crippen LogP) is 2.04. The van der Waals surface area contributed by atoms with Gasteiger partial charge in [-0.3, -0.25) is 14.4 Å². The molecule has 0 aromatic heterocycles. The van der Waals surface area contributed by atoms with Gasteiger partial charge in [-0.25, -0.2) is 4.79 Å². The summed E-state index contributed by atoms with van der Waals surface area (Å²) < 4.78 is 5.64. The number of likely N-dealkylation sites (tertiary alicyclic amines) is 1. The Kier molecular flexibility index (Phi) is 11.4. The van der Waals surface area contributed by atoms with Gasteiger partial charge in [-0.1, -0.05) is 19.9 Å². The molecule has 3 rings (SSSR count). The molecule has 2 saturated heterocycles. The zero-order valence-corrected chi connectivity index (χ0v) is 22.5. The van der Waals surface area contributed by atoms with E-state index in [9.17, 15) is 24.3 Å². The van der Waals surface area contributed by atoms with Gasteiger partial charge in [-0.05, 0) is 75.2 Å². The van der Waals surface area contributed by atoms with Gasteiger partial charge in [-0.2, -0.15) is 0 Å².